The second-order valence-corrected chi connectivity index (χ2v) is 6.37. The van der Waals surface area contributed by atoms with Crippen molar-refractivity contribution in [2.75, 3.05) is 4.90 Å². The predicted molar refractivity (Wildman–Crippen MR) is 76.7 cm³/mol. The van der Waals surface area contributed by atoms with E-state index in [9.17, 15) is 9.59 Å². The lowest BCUT2D eigenvalue weighted by molar-refractivity contribution is -0.123. The molecular formula is C15H11Cl2NO2. The van der Waals surface area contributed by atoms with Crippen molar-refractivity contribution in [1.29, 1.82) is 0 Å². The first kappa shape index (κ1) is 12.4. The van der Waals surface area contributed by atoms with Gasteiger partial charge in [-0.2, -0.15) is 0 Å². The van der Waals surface area contributed by atoms with E-state index in [4.69, 9.17) is 23.2 Å². The molecule has 0 radical (unpaired) electrons. The molecule has 4 rings (SSSR count). The van der Waals surface area contributed by atoms with Gasteiger partial charge in [-0.05, 0) is 30.4 Å². The average Bonchev–Trinajstić information content (AvgIpc) is 3.09. The molecule has 3 aliphatic rings. The zero-order valence-corrected chi connectivity index (χ0v) is 11.9. The fourth-order valence-corrected chi connectivity index (χ4v) is 4.18. The van der Waals surface area contributed by atoms with Gasteiger partial charge >= 0.3 is 0 Å². The first-order valence-corrected chi connectivity index (χ1v) is 7.35. The van der Waals surface area contributed by atoms with Crippen LogP contribution in [-0.4, -0.2) is 11.8 Å². The summed E-state index contributed by atoms with van der Waals surface area (Å²) in [5.74, 6) is -0.309. The molecule has 0 unspecified atom stereocenters. The molecule has 2 bridgehead atoms. The number of benzene rings is 1. The maximum absolute atomic E-state index is 12.6. The van der Waals surface area contributed by atoms with E-state index >= 15 is 0 Å². The number of carbonyl (C=O) groups excluding carboxylic acids is 2. The molecule has 0 aromatic heterocycles. The molecule has 1 aromatic carbocycles. The minimum Gasteiger partial charge on any atom is -0.274 e. The SMILES string of the molecule is O=C1[C@@H]2[C@H](C(=O)N1c1cccc(Cl)c1Cl)[C@@H]1C=C[C@@H]2C1. The summed E-state index contributed by atoms with van der Waals surface area (Å²) < 4.78 is 0. The van der Waals surface area contributed by atoms with Crippen LogP contribution in [0, 0.1) is 23.7 Å². The predicted octanol–water partition coefficient (Wildman–Crippen LogP) is 3.30. The Kier molecular flexibility index (Phi) is 2.54. The highest BCUT2D eigenvalue weighted by Crippen LogP contribution is 2.53. The summed E-state index contributed by atoms with van der Waals surface area (Å²) in [7, 11) is 0. The molecule has 5 heteroatoms. The molecule has 1 saturated carbocycles. The minimum atomic E-state index is -0.215. The van der Waals surface area contributed by atoms with E-state index in [0.29, 0.717) is 10.7 Å². The number of halogens is 2. The summed E-state index contributed by atoms with van der Waals surface area (Å²) in [5, 5.41) is 0.610. The molecule has 2 fully saturated rings. The van der Waals surface area contributed by atoms with Crippen molar-refractivity contribution in [2.45, 2.75) is 6.42 Å². The summed E-state index contributed by atoms with van der Waals surface area (Å²) in [6.07, 6.45) is 5.06. The van der Waals surface area contributed by atoms with Crippen LogP contribution in [0.3, 0.4) is 0 Å². The zero-order chi connectivity index (χ0) is 14.0. The van der Waals surface area contributed by atoms with Crippen LogP contribution in [0.5, 0.6) is 0 Å². The Labute approximate surface area is 126 Å². The molecular weight excluding hydrogens is 297 g/mol. The molecule has 1 aromatic rings. The fourth-order valence-electron chi connectivity index (χ4n) is 3.80. The Morgan fingerprint density at radius 1 is 1.00 bits per heavy atom. The van der Waals surface area contributed by atoms with Crippen molar-refractivity contribution in [3.63, 3.8) is 0 Å². The van der Waals surface area contributed by atoms with Crippen LogP contribution in [-0.2, 0) is 9.59 Å². The van der Waals surface area contributed by atoms with E-state index in [0.717, 1.165) is 6.42 Å². The summed E-state index contributed by atoms with van der Waals surface area (Å²) in [6, 6.07) is 5.01. The van der Waals surface area contributed by atoms with E-state index < -0.39 is 0 Å². The molecule has 1 aliphatic heterocycles. The van der Waals surface area contributed by atoms with Gasteiger partial charge in [-0.3, -0.25) is 9.59 Å². The Morgan fingerprint density at radius 3 is 2.20 bits per heavy atom. The third kappa shape index (κ3) is 1.42. The van der Waals surface area contributed by atoms with Crippen LogP contribution in [0.15, 0.2) is 30.4 Å². The Balaban J connectivity index is 1.80. The quantitative estimate of drug-likeness (QED) is 0.589. The van der Waals surface area contributed by atoms with Gasteiger partial charge in [0.2, 0.25) is 11.8 Å². The smallest absolute Gasteiger partial charge is 0.238 e. The lowest BCUT2D eigenvalue weighted by Gasteiger charge is -2.18. The number of rotatable bonds is 1. The number of nitrogens with zero attached hydrogens (tertiary/aromatic N) is 1. The summed E-state index contributed by atoms with van der Waals surface area (Å²) in [4.78, 5) is 26.5. The largest absolute Gasteiger partial charge is 0.274 e. The highest BCUT2D eigenvalue weighted by molar-refractivity contribution is 6.44. The van der Waals surface area contributed by atoms with Gasteiger partial charge < -0.3 is 0 Å². The molecule has 20 heavy (non-hydrogen) atoms. The molecule has 1 heterocycles. The Hall–Kier alpha value is -1.32. The van der Waals surface area contributed by atoms with Crippen molar-refractivity contribution in [2.24, 2.45) is 23.7 Å². The van der Waals surface area contributed by atoms with Gasteiger partial charge in [0.25, 0.3) is 0 Å². The monoisotopic (exact) mass is 307 g/mol. The molecule has 2 aliphatic carbocycles. The van der Waals surface area contributed by atoms with E-state index in [1.165, 1.54) is 4.90 Å². The van der Waals surface area contributed by atoms with E-state index in [-0.39, 0.29) is 40.5 Å². The molecule has 0 N–H and O–H groups in total. The van der Waals surface area contributed by atoms with Crippen molar-refractivity contribution in [3.05, 3.63) is 40.4 Å². The van der Waals surface area contributed by atoms with Crippen LogP contribution >= 0.6 is 23.2 Å². The highest BCUT2D eigenvalue weighted by atomic mass is 35.5. The zero-order valence-electron chi connectivity index (χ0n) is 10.4. The van der Waals surface area contributed by atoms with Gasteiger partial charge in [-0.1, -0.05) is 41.4 Å². The number of hydrogen-bond acceptors (Lipinski definition) is 2. The second-order valence-electron chi connectivity index (χ2n) is 5.58. The number of carbonyl (C=O) groups is 2. The molecule has 3 nitrogen and oxygen atoms in total. The Bertz CT molecular complexity index is 640. The number of allylic oxidation sites excluding steroid dienone is 2. The summed E-state index contributed by atoms with van der Waals surface area (Å²) in [5.41, 5.74) is 0.406. The van der Waals surface area contributed by atoms with Crippen LogP contribution in [0.4, 0.5) is 5.69 Å². The molecule has 102 valence electrons. The molecule has 1 saturated heterocycles. The van der Waals surface area contributed by atoms with Crippen LogP contribution in [0.1, 0.15) is 6.42 Å². The average molecular weight is 308 g/mol. The van der Waals surface area contributed by atoms with Crippen LogP contribution in [0.2, 0.25) is 10.0 Å². The number of imide groups is 1. The van der Waals surface area contributed by atoms with Gasteiger partial charge in [-0.15, -0.1) is 0 Å². The number of fused-ring (bicyclic) bond motifs is 5. The van der Waals surface area contributed by atoms with Gasteiger partial charge in [0.15, 0.2) is 0 Å². The van der Waals surface area contributed by atoms with Crippen molar-refractivity contribution < 1.29 is 9.59 Å². The topological polar surface area (TPSA) is 37.4 Å². The molecule has 4 atom stereocenters. The number of anilines is 1. The maximum atomic E-state index is 12.6. The Morgan fingerprint density at radius 2 is 1.60 bits per heavy atom. The normalized spacial score (nSPS) is 34.2. The van der Waals surface area contributed by atoms with Gasteiger partial charge in [0.1, 0.15) is 0 Å². The van der Waals surface area contributed by atoms with Gasteiger partial charge in [0.05, 0.1) is 27.6 Å². The number of amides is 2. The second kappa shape index (κ2) is 4.09. The molecule has 0 spiro atoms. The van der Waals surface area contributed by atoms with E-state index in [2.05, 4.69) is 12.2 Å². The third-order valence-electron chi connectivity index (χ3n) is 4.64. The minimum absolute atomic E-state index is 0.138. The fraction of sp³-hybridized carbons (Fsp3) is 0.333. The maximum Gasteiger partial charge on any atom is 0.238 e. The van der Waals surface area contributed by atoms with Crippen LogP contribution < -0.4 is 4.90 Å². The van der Waals surface area contributed by atoms with E-state index in [1.54, 1.807) is 18.2 Å². The third-order valence-corrected chi connectivity index (χ3v) is 5.45. The molecule has 2 amide bonds. The lowest BCUT2D eigenvalue weighted by atomic mass is 9.85. The van der Waals surface area contributed by atoms with Gasteiger partial charge in [-0.25, -0.2) is 4.90 Å². The van der Waals surface area contributed by atoms with Crippen LogP contribution in [0.25, 0.3) is 0 Å². The standard InChI is InChI=1S/C15H11Cl2NO2/c16-9-2-1-3-10(13(9)17)18-14(19)11-7-4-5-8(6-7)12(11)15(18)20/h1-5,7-8,11-12H,6H2/t7-,8-,11-,12+/m1/s1. The first-order valence-electron chi connectivity index (χ1n) is 6.59. The van der Waals surface area contributed by atoms with Crippen molar-refractivity contribution in [3.8, 4) is 0 Å². The van der Waals surface area contributed by atoms with Crippen molar-refractivity contribution >= 4 is 40.7 Å². The highest BCUT2D eigenvalue weighted by Gasteiger charge is 2.59. The van der Waals surface area contributed by atoms with Gasteiger partial charge in [0, 0.05) is 0 Å². The first-order chi connectivity index (χ1) is 9.59. The summed E-state index contributed by atoms with van der Waals surface area (Å²) in [6.45, 7) is 0. The van der Waals surface area contributed by atoms with E-state index in [1.807, 2.05) is 0 Å². The summed E-state index contributed by atoms with van der Waals surface area (Å²) >= 11 is 12.1. The lowest BCUT2D eigenvalue weighted by Crippen LogP contribution is -2.33. The number of hydrogen-bond donors (Lipinski definition) is 0. The van der Waals surface area contributed by atoms with Crippen molar-refractivity contribution in [1.82, 2.24) is 0 Å².